The summed E-state index contributed by atoms with van der Waals surface area (Å²) in [5.41, 5.74) is 0.686. The molecule has 0 aliphatic rings. The maximum atomic E-state index is 13.4. The number of hydrazone groups is 1. The van der Waals surface area contributed by atoms with Crippen molar-refractivity contribution in [3.05, 3.63) is 62.1 Å². The number of hydrogen-bond acceptors (Lipinski definition) is 6. The van der Waals surface area contributed by atoms with Gasteiger partial charge in [0.1, 0.15) is 6.61 Å². The molecule has 0 amide bonds. The molecule has 0 aliphatic carbocycles. The summed E-state index contributed by atoms with van der Waals surface area (Å²) in [6.07, 6.45) is -5.98. The zero-order valence-corrected chi connectivity index (χ0v) is 17.9. The van der Waals surface area contributed by atoms with Crippen molar-refractivity contribution in [3.63, 3.8) is 0 Å². The van der Waals surface area contributed by atoms with Crippen molar-refractivity contribution in [3.8, 4) is 11.5 Å². The fraction of sp³-hybridized carbons (Fsp3) is 0.278. The Morgan fingerprint density at radius 1 is 1.12 bits per heavy atom. The van der Waals surface area contributed by atoms with Crippen LogP contribution in [0.5, 0.6) is 11.5 Å². The Kier molecular flexibility index (Phi) is 7.77. The summed E-state index contributed by atoms with van der Waals surface area (Å²) in [5.74, 6) is -6.46. The predicted molar refractivity (Wildman–Crippen MR) is 105 cm³/mol. The highest BCUT2D eigenvalue weighted by atomic mass is 79.9. The lowest BCUT2D eigenvalue weighted by Crippen LogP contribution is -2.58. The molecule has 0 unspecified atom stereocenters. The number of rotatable bonds is 9. The van der Waals surface area contributed by atoms with Crippen LogP contribution in [0, 0.1) is 10.1 Å². The normalized spacial score (nSPS) is 12.6. The van der Waals surface area contributed by atoms with Crippen molar-refractivity contribution in [2.45, 2.75) is 24.8 Å². The van der Waals surface area contributed by atoms with Crippen LogP contribution in [0.1, 0.15) is 11.1 Å². The molecule has 0 saturated heterocycles. The van der Waals surface area contributed by atoms with Crippen LogP contribution in [0.4, 0.5) is 36.4 Å². The lowest BCUT2D eigenvalue weighted by molar-refractivity contribution is -0.384. The van der Waals surface area contributed by atoms with E-state index in [1.54, 1.807) is 0 Å². The number of alkyl halides is 7. The number of non-ortho nitro benzene ring substituents is 1. The summed E-state index contributed by atoms with van der Waals surface area (Å²) < 4.78 is 100. The third kappa shape index (κ3) is 6.03. The molecule has 180 valence electrons. The molecule has 2 aromatic rings. The number of hydrogen-bond donors (Lipinski definition) is 1. The van der Waals surface area contributed by atoms with Gasteiger partial charge in [0.05, 0.1) is 18.2 Å². The summed E-state index contributed by atoms with van der Waals surface area (Å²) >= 11 is 3.10. The average Bonchev–Trinajstić information content (AvgIpc) is 2.71. The number of methoxy groups -OCH3 is 1. The lowest BCUT2D eigenvalue weighted by atomic mass is 10.2. The van der Waals surface area contributed by atoms with Gasteiger partial charge in [0, 0.05) is 22.2 Å². The Morgan fingerprint density at radius 3 is 2.24 bits per heavy atom. The Morgan fingerprint density at radius 2 is 1.73 bits per heavy atom. The van der Waals surface area contributed by atoms with E-state index < -0.39 is 23.1 Å². The van der Waals surface area contributed by atoms with Crippen molar-refractivity contribution in [1.82, 2.24) is 5.43 Å². The molecule has 15 heteroatoms. The lowest BCUT2D eigenvalue weighted by Gasteiger charge is -2.27. The Bertz CT molecular complexity index is 1030. The van der Waals surface area contributed by atoms with Gasteiger partial charge >= 0.3 is 18.1 Å². The van der Waals surface area contributed by atoms with E-state index >= 15 is 0 Å². The zero-order chi connectivity index (χ0) is 25.0. The summed E-state index contributed by atoms with van der Waals surface area (Å²) in [6.45, 7) is -0.188. The van der Waals surface area contributed by atoms with Crippen LogP contribution in [0.3, 0.4) is 0 Å². The fourth-order valence-electron chi connectivity index (χ4n) is 2.29. The second kappa shape index (κ2) is 9.80. The summed E-state index contributed by atoms with van der Waals surface area (Å²) in [7, 11) is 1.23. The van der Waals surface area contributed by atoms with Crippen LogP contribution in [-0.4, -0.2) is 36.4 Å². The van der Waals surface area contributed by atoms with Gasteiger partial charge in [-0.05, 0) is 29.8 Å². The molecule has 33 heavy (non-hydrogen) atoms. The Hall–Kier alpha value is -3.10. The van der Waals surface area contributed by atoms with E-state index in [0.717, 1.165) is 0 Å². The molecule has 2 aromatic carbocycles. The largest absolute Gasteiger partial charge is 0.493 e. The minimum Gasteiger partial charge on any atom is -0.493 e. The number of halogens is 8. The SMILES string of the molecule is COc1cc(Br)cc(/C=N\NC(F)(F)C(F)(F)C(F)(F)F)c1OCc1ccc([N+](=O)[O-])cc1. The van der Waals surface area contributed by atoms with E-state index in [0.29, 0.717) is 21.7 Å². The van der Waals surface area contributed by atoms with E-state index in [1.165, 1.54) is 43.5 Å². The van der Waals surface area contributed by atoms with Crippen LogP contribution in [0.2, 0.25) is 0 Å². The minimum atomic E-state index is -6.52. The molecule has 0 heterocycles. The zero-order valence-electron chi connectivity index (χ0n) is 16.3. The third-order valence-electron chi connectivity index (χ3n) is 3.96. The second-order valence-electron chi connectivity index (χ2n) is 6.26. The molecule has 1 N–H and O–H groups in total. The number of nitrogens with one attached hydrogen (secondary N) is 1. The van der Waals surface area contributed by atoms with Gasteiger partial charge < -0.3 is 9.47 Å². The predicted octanol–water partition coefficient (Wildman–Crippen LogP) is 5.66. The summed E-state index contributed by atoms with van der Waals surface area (Å²) in [6, 6.07) is 2.12. The molecular weight excluding hydrogens is 535 g/mol. The molecule has 0 atom stereocenters. The first-order valence-corrected chi connectivity index (χ1v) is 9.35. The quantitative estimate of drug-likeness (QED) is 0.144. The highest BCUT2D eigenvalue weighted by molar-refractivity contribution is 9.10. The van der Waals surface area contributed by atoms with E-state index in [9.17, 15) is 40.8 Å². The monoisotopic (exact) mass is 547 g/mol. The molecule has 0 radical (unpaired) electrons. The van der Waals surface area contributed by atoms with Gasteiger partial charge in [0.25, 0.3) is 5.69 Å². The molecule has 7 nitrogen and oxygen atoms in total. The Labute approximate surface area is 189 Å². The maximum absolute atomic E-state index is 13.4. The summed E-state index contributed by atoms with van der Waals surface area (Å²) in [4.78, 5) is 10.1. The van der Waals surface area contributed by atoms with Crippen LogP contribution in [0.25, 0.3) is 0 Å². The Balaban J connectivity index is 2.28. The fourth-order valence-corrected chi connectivity index (χ4v) is 2.75. The smallest absolute Gasteiger partial charge is 0.462 e. The molecule has 0 fully saturated rings. The van der Waals surface area contributed by atoms with Gasteiger partial charge in [0.2, 0.25) is 0 Å². The van der Waals surface area contributed by atoms with E-state index in [1.807, 2.05) is 0 Å². The molecule has 0 bridgehead atoms. The first kappa shape index (κ1) is 26.2. The van der Waals surface area contributed by atoms with E-state index in [-0.39, 0.29) is 29.4 Å². The molecule has 2 rings (SSSR count). The highest BCUT2D eigenvalue weighted by Crippen LogP contribution is 2.45. The first-order chi connectivity index (χ1) is 15.2. The van der Waals surface area contributed by atoms with Gasteiger partial charge in [-0.25, -0.2) is 5.43 Å². The van der Waals surface area contributed by atoms with Crippen LogP contribution in [0.15, 0.2) is 46.0 Å². The summed E-state index contributed by atoms with van der Waals surface area (Å²) in [5, 5.41) is 13.5. The molecule has 0 spiro atoms. The number of nitro groups is 1. The van der Waals surface area contributed by atoms with Gasteiger partial charge in [-0.2, -0.15) is 35.8 Å². The number of benzene rings is 2. The first-order valence-electron chi connectivity index (χ1n) is 8.56. The highest BCUT2D eigenvalue weighted by Gasteiger charge is 2.73. The van der Waals surface area contributed by atoms with Crippen molar-refractivity contribution in [1.29, 1.82) is 0 Å². The van der Waals surface area contributed by atoms with Crippen molar-refractivity contribution >= 4 is 27.8 Å². The number of nitro benzene ring substituents is 1. The van der Waals surface area contributed by atoms with Gasteiger partial charge in [-0.1, -0.05) is 15.9 Å². The van der Waals surface area contributed by atoms with Crippen molar-refractivity contribution < 1.29 is 45.1 Å². The van der Waals surface area contributed by atoms with Gasteiger partial charge in [-0.3, -0.25) is 10.1 Å². The molecular formula is C18H13BrF7N3O4. The van der Waals surface area contributed by atoms with E-state index in [4.69, 9.17) is 9.47 Å². The van der Waals surface area contributed by atoms with Crippen molar-refractivity contribution in [2.75, 3.05) is 7.11 Å². The van der Waals surface area contributed by atoms with Crippen LogP contribution >= 0.6 is 15.9 Å². The van der Waals surface area contributed by atoms with Gasteiger partial charge in [0.15, 0.2) is 11.5 Å². The topological polar surface area (TPSA) is 86.0 Å². The molecule has 0 saturated carbocycles. The van der Waals surface area contributed by atoms with Crippen molar-refractivity contribution in [2.24, 2.45) is 5.10 Å². The standard InChI is InChI=1S/C18H13BrF7N3O4/c1-32-14-7-12(19)6-11(8-27-28-18(25,26)16(20,21)17(22,23)24)15(14)33-9-10-2-4-13(5-3-10)29(30)31/h2-8,28H,9H2,1H3/b27-8-. The third-order valence-corrected chi connectivity index (χ3v) is 4.42. The average molecular weight is 548 g/mol. The van der Waals surface area contributed by atoms with Gasteiger partial charge in [-0.15, -0.1) is 0 Å². The van der Waals surface area contributed by atoms with Crippen LogP contribution in [-0.2, 0) is 6.61 Å². The van der Waals surface area contributed by atoms with Crippen LogP contribution < -0.4 is 14.9 Å². The number of ether oxygens (including phenoxy) is 2. The molecule has 0 aliphatic heterocycles. The molecule has 0 aromatic heterocycles. The second-order valence-corrected chi connectivity index (χ2v) is 7.17. The minimum absolute atomic E-state index is 0.0418. The van der Waals surface area contributed by atoms with E-state index in [2.05, 4.69) is 21.0 Å². The number of nitrogens with zero attached hydrogens (tertiary/aromatic N) is 2. The maximum Gasteiger partial charge on any atom is 0.462 e.